The summed E-state index contributed by atoms with van der Waals surface area (Å²) in [5.74, 6) is -0.0966. The lowest BCUT2D eigenvalue weighted by atomic mass is 9.97. The smallest absolute Gasteiger partial charge is 0.245 e. The van der Waals surface area contributed by atoms with Crippen LogP contribution in [0.1, 0.15) is 32.2 Å². The van der Waals surface area contributed by atoms with Crippen molar-refractivity contribution >= 4 is 27.7 Å². The summed E-state index contributed by atoms with van der Waals surface area (Å²) in [7, 11) is 1.84. The quantitative estimate of drug-likeness (QED) is 0.888. The van der Waals surface area contributed by atoms with E-state index in [0.29, 0.717) is 6.54 Å². The molecule has 1 aromatic heterocycles. The third-order valence-electron chi connectivity index (χ3n) is 3.83. The molecule has 1 aromatic rings. The second kappa shape index (κ2) is 5.79. The van der Waals surface area contributed by atoms with Crippen molar-refractivity contribution in [3.05, 3.63) is 15.9 Å². The van der Waals surface area contributed by atoms with E-state index in [-0.39, 0.29) is 17.7 Å². The van der Waals surface area contributed by atoms with E-state index in [2.05, 4.69) is 26.3 Å². The number of aromatic nitrogens is 2. The molecule has 7 heteroatoms. The fraction of sp³-hybridized carbons (Fsp3) is 0.643. The van der Waals surface area contributed by atoms with Crippen LogP contribution in [0.3, 0.4) is 0 Å². The largest absolute Gasteiger partial charge is 0.343 e. The van der Waals surface area contributed by atoms with Crippen molar-refractivity contribution in [2.45, 2.75) is 46.3 Å². The predicted octanol–water partition coefficient (Wildman–Crippen LogP) is 1.36. The SMILES string of the molecule is Cc1nn(C)c(CN2C(=O)C(C)NC(=O)C2C(C)C)c1Br. The van der Waals surface area contributed by atoms with Crippen LogP contribution in [0.25, 0.3) is 0 Å². The van der Waals surface area contributed by atoms with Gasteiger partial charge in [-0.1, -0.05) is 13.8 Å². The molecule has 2 rings (SSSR count). The predicted molar refractivity (Wildman–Crippen MR) is 82.4 cm³/mol. The molecule has 1 N–H and O–H groups in total. The van der Waals surface area contributed by atoms with Crippen molar-refractivity contribution in [2.75, 3.05) is 0 Å². The molecular formula is C14H21BrN4O2. The van der Waals surface area contributed by atoms with Crippen molar-refractivity contribution in [1.29, 1.82) is 0 Å². The minimum atomic E-state index is -0.486. The molecule has 0 bridgehead atoms. The van der Waals surface area contributed by atoms with Crippen LogP contribution in [0.5, 0.6) is 0 Å². The Morgan fingerprint density at radius 1 is 1.38 bits per heavy atom. The Morgan fingerprint density at radius 3 is 2.48 bits per heavy atom. The van der Waals surface area contributed by atoms with Crippen molar-refractivity contribution in [1.82, 2.24) is 20.0 Å². The van der Waals surface area contributed by atoms with Gasteiger partial charge in [-0.2, -0.15) is 5.10 Å². The molecule has 21 heavy (non-hydrogen) atoms. The molecule has 0 radical (unpaired) electrons. The van der Waals surface area contributed by atoms with E-state index in [1.807, 2.05) is 27.8 Å². The summed E-state index contributed by atoms with van der Waals surface area (Å²) in [4.78, 5) is 26.4. The summed E-state index contributed by atoms with van der Waals surface area (Å²) in [6.45, 7) is 7.89. The van der Waals surface area contributed by atoms with Gasteiger partial charge in [0.2, 0.25) is 11.8 Å². The molecule has 0 aliphatic carbocycles. The lowest BCUT2D eigenvalue weighted by Crippen LogP contribution is -2.63. The third-order valence-corrected chi connectivity index (χ3v) is 4.86. The van der Waals surface area contributed by atoms with Crippen molar-refractivity contribution in [3.63, 3.8) is 0 Å². The first-order chi connectivity index (χ1) is 9.73. The van der Waals surface area contributed by atoms with E-state index < -0.39 is 12.1 Å². The van der Waals surface area contributed by atoms with Crippen LogP contribution < -0.4 is 5.32 Å². The van der Waals surface area contributed by atoms with Crippen LogP contribution in [-0.2, 0) is 23.2 Å². The molecule has 1 aliphatic rings. The van der Waals surface area contributed by atoms with E-state index in [1.54, 1.807) is 16.5 Å². The summed E-state index contributed by atoms with van der Waals surface area (Å²) in [5, 5.41) is 7.09. The first kappa shape index (κ1) is 16.0. The molecular weight excluding hydrogens is 336 g/mol. The second-order valence-corrected chi connectivity index (χ2v) is 6.65. The number of hydrogen-bond donors (Lipinski definition) is 1. The average molecular weight is 357 g/mol. The van der Waals surface area contributed by atoms with Gasteiger partial charge in [0.1, 0.15) is 12.1 Å². The average Bonchev–Trinajstić information content (AvgIpc) is 2.61. The number of nitrogens with one attached hydrogen (secondary N) is 1. The summed E-state index contributed by atoms with van der Waals surface area (Å²) >= 11 is 3.51. The molecule has 6 nitrogen and oxygen atoms in total. The summed E-state index contributed by atoms with van der Waals surface area (Å²) < 4.78 is 2.64. The highest BCUT2D eigenvalue weighted by Crippen LogP contribution is 2.25. The normalized spacial score (nSPS) is 22.9. The number of amides is 2. The van der Waals surface area contributed by atoms with Crippen molar-refractivity contribution < 1.29 is 9.59 Å². The number of halogens is 1. The molecule has 1 saturated heterocycles. The number of carbonyl (C=O) groups excluding carboxylic acids is 2. The fourth-order valence-electron chi connectivity index (χ4n) is 2.74. The Balaban J connectivity index is 2.37. The van der Waals surface area contributed by atoms with Crippen LogP contribution in [0.2, 0.25) is 0 Å². The van der Waals surface area contributed by atoms with Gasteiger partial charge in [0.15, 0.2) is 0 Å². The van der Waals surface area contributed by atoms with Gasteiger partial charge in [0, 0.05) is 7.05 Å². The molecule has 1 fully saturated rings. The zero-order valence-electron chi connectivity index (χ0n) is 13.0. The standard InChI is InChI=1S/C14H21BrN4O2/c1-7(2)12-13(20)16-9(4)14(21)19(12)6-10-11(15)8(3)17-18(10)5/h7,9,12H,6H2,1-5H3,(H,16,20). The van der Waals surface area contributed by atoms with Gasteiger partial charge in [0.25, 0.3) is 0 Å². The van der Waals surface area contributed by atoms with Crippen LogP contribution >= 0.6 is 15.9 Å². The van der Waals surface area contributed by atoms with E-state index in [4.69, 9.17) is 0 Å². The van der Waals surface area contributed by atoms with Crippen LogP contribution in [0, 0.1) is 12.8 Å². The lowest BCUT2D eigenvalue weighted by Gasteiger charge is -2.39. The van der Waals surface area contributed by atoms with Gasteiger partial charge in [-0.05, 0) is 35.7 Å². The topological polar surface area (TPSA) is 67.2 Å². The monoisotopic (exact) mass is 356 g/mol. The Morgan fingerprint density at radius 2 is 2.00 bits per heavy atom. The zero-order valence-corrected chi connectivity index (χ0v) is 14.6. The van der Waals surface area contributed by atoms with Crippen LogP contribution in [0.15, 0.2) is 4.47 Å². The molecule has 0 aromatic carbocycles. The summed E-state index contributed by atoms with van der Waals surface area (Å²) in [6.07, 6.45) is 0. The summed E-state index contributed by atoms with van der Waals surface area (Å²) in [5.41, 5.74) is 1.77. The maximum atomic E-state index is 12.5. The van der Waals surface area contributed by atoms with E-state index in [1.165, 1.54) is 0 Å². The van der Waals surface area contributed by atoms with Crippen LogP contribution in [0.4, 0.5) is 0 Å². The molecule has 2 heterocycles. The number of aryl methyl sites for hydroxylation is 2. The Kier molecular flexibility index (Phi) is 4.41. The van der Waals surface area contributed by atoms with E-state index in [0.717, 1.165) is 15.9 Å². The fourth-order valence-corrected chi connectivity index (χ4v) is 3.20. The third kappa shape index (κ3) is 2.84. The molecule has 0 spiro atoms. The van der Waals surface area contributed by atoms with Gasteiger partial charge in [-0.3, -0.25) is 14.3 Å². The van der Waals surface area contributed by atoms with Gasteiger partial charge in [-0.25, -0.2) is 0 Å². The molecule has 2 unspecified atom stereocenters. The lowest BCUT2D eigenvalue weighted by molar-refractivity contribution is -0.151. The highest BCUT2D eigenvalue weighted by atomic mass is 79.9. The zero-order chi connectivity index (χ0) is 15.9. The Bertz CT molecular complexity index is 582. The van der Waals surface area contributed by atoms with Crippen molar-refractivity contribution in [3.8, 4) is 0 Å². The molecule has 1 aliphatic heterocycles. The Labute approximate surface area is 133 Å². The maximum absolute atomic E-state index is 12.5. The Hall–Kier alpha value is -1.37. The first-order valence-corrected chi connectivity index (χ1v) is 7.82. The highest BCUT2D eigenvalue weighted by molar-refractivity contribution is 9.10. The van der Waals surface area contributed by atoms with Crippen LogP contribution in [-0.4, -0.2) is 38.6 Å². The van der Waals surface area contributed by atoms with Gasteiger partial charge in [-0.15, -0.1) is 0 Å². The minimum absolute atomic E-state index is 0.0505. The number of piperazine rings is 1. The summed E-state index contributed by atoms with van der Waals surface area (Å²) in [6, 6.07) is -0.934. The van der Waals surface area contributed by atoms with E-state index >= 15 is 0 Å². The molecule has 2 atom stereocenters. The van der Waals surface area contributed by atoms with Gasteiger partial charge < -0.3 is 10.2 Å². The minimum Gasteiger partial charge on any atom is -0.343 e. The molecule has 2 amide bonds. The highest BCUT2D eigenvalue weighted by Gasteiger charge is 2.40. The van der Waals surface area contributed by atoms with Gasteiger partial charge in [0.05, 0.1) is 22.4 Å². The van der Waals surface area contributed by atoms with E-state index in [9.17, 15) is 9.59 Å². The number of hydrogen-bond acceptors (Lipinski definition) is 3. The molecule has 116 valence electrons. The maximum Gasteiger partial charge on any atom is 0.245 e. The second-order valence-electron chi connectivity index (χ2n) is 5.85. The van der Waals surface area contributed by atoms with Gasteiger partial charge >= 0.3 is 0 Å². The first-order valence-electron chi connectivity index (χ1n) is 7.02. The molecule has 0 saturated carbocycles. The number of nitrogens with zero attached hydrogens (tertiary/aromatic N) is 3. The number of rotatable bonds is 3. The van der Waals surface area contributed by atoms with Crippen molar-refractivity contribution in [2.24, 2.45) is 13.0 Å². The number of carbonyl (C=O) groups is 2.